The van der Waals surface area contributed by atoms with E-state index in [4.69, 9.17) is 25.7 Å². The van der Waals surface area contributed by atoms with E-state index in [1.165, 1.54) is 18.2 Å². The van der Waals surface area contributed by atoms with Crippen LogP contribution in [0.5, 0.6) is 17.2 Å². The summed E-state index contributed by atoms with van der Waals surface area (Å²) in [6.07, 6.45) is 0. The fraction of sp³-hybridized carbons (Fsp3) is 0. The Labute approximate surface area is 124 Å². The molecule has 0 atom stereocenters. The molecule has 0 fully saturated rings. The van der Waals surface area contributed by atoms with E-state index in [9.17, 15) is 9.59 Å². The molecule has 2 aromatic rings. The first-order valence-electron chi connectivity index (χ1n) is 5.75. The lowest BCUT2D eigenvalue weighted by molar-refractivity contribution is -0.138. The number of aromatic hydroxyl groups is 2. The van der Waals surface area contributed by atoms with Crippen molar-refractivity contribution in [3.05, 3.63) is 53.6 Å². The lowest BCUT2D eigenvalue weighted by atomic mass is 10.2. The molecule has 0 aliphatic carbocycles. The third-order valence-corrected chi connectivity index (χ3v) is 2.43. The molecule has 8 nitrogen and oxygen atoms in total. The fourth-order valence-corrected chi connectivity index (χ4v) is 1.42. The molecule has 0 amide bonds. The SMILES string of the molecule is O=C(O)c1cc(O)ccc1O.O=C(O)c1ccccc1OO. The first kappa shape index (κ1) is 16.8. The van der Waals surface area contributed by atoms with Crippen LogP contribution >= 0.6 is 0 Å². The number of carboxylic acids is 2. The molecular formula is C14H12O8. The van der Waals surface area contributed by atoms with Crippen molar-refractivity contribution >= 4 is 11.9 Å². The zero-order valence-corrected chi connectivity index (χ0v) is 11.0. The molecule has 0 unspecified atom stereocenters. The molecule has 2 rings (SSSR count). The average Bonchev–Trinajstić information content (AvgIpc) is 2.50. The van der Waals surface area contributed by atoms with Gasteiger partial charge >= 0.3 is 11.9 Å². The molecule has 0 spiro atoms. The Morgan fingerprint density at radius 2 is 1.45 bits per heavy atom. The van der Waals surface area contributed by atoms with Crippen molar-refractivity contribution in [1.29, 1.82) is 0 Å². The van der Waals surface area contributed by atoms with Crippen LogP contribution in [0.25, 0.3) is 0 Å². The monoisotopic (exact) mass is 308 g/mol. The van der Waals surface area contributed by atoms with Gasteiger partial charge in [0.05, 0.1) is 0 Å². The van der Waals surface area contributed by atoms with E-state index < -0.39 is 11.9 Å². The van der Waals surface area contributed by atoms with E-state index in [1.807, 2.05) is 0 Å². The van der Waals surface area contributed by atoms with Gasteiger partial charge in [-0.05, 0) is 30.3 Å². The quantitative estimate of drug-likeness (QED) is 0.329. The normalized spacial score (nSPS) is 9.32. The van der Waals surface area contributed by atoms with Gasteiger partial charge in [-0.15, -0.1) is 0 Å². The Morgan fingerprint density at radius 1 is 0.864 bits per heavy atom. The van der Waals surface area contributed by atoms with E-state index in [1.54, 1.807) is 12.1 Å². The second kappa shape index (κ2) is 7.50. The lowest BCUT2D eigenvalue weighted by Crippen LogP contribution is -1.99. The summed E-state index contributed by atoms with van der Waals surface area (Å²) >= 11 is 0. The molecular weight excluding hydrogens is 296 g/mol. The van der Waals surface area contributed by atoms with Crippen molar-refractivity contribution in [3.63, 3.8) is 0 Å². The van der Waals surface area contributed by atoms with Gasteiger partial charge in [0.1, 0.15) is 22.6 Å². The molecule has 0 aromatic heterocycles. The average molecular weight is 308 g/mol. The fourth-order valence-electron chi connectivity index (χ4n) is 1.42. The predicted molar refractivity (Wildman–Crippen MR) is 73.4 cm³/mol. The van der Waals surface area contributed by atoms with Crippen LogP contribution in [0, 0.1) is 0 Å². The van der Waals surface area contributed by atoms with Gasteiger partial charge in [-0.3, -0.25) is 0 Å². The summed E-state index contributed by atoms with van der Waals surface area (Å²) in [5, 5.41) is 42.9. The predicted octanol–water partition coefficient (Wildman–Crippen LogP) is 2.03. The highest BCUT2D eigenvalue weighted by Crippen LogP contribution is 2.21. The Hall–Kier alpha value is -3.26. The van der Waals surface area contributed by atoms with Gasteiger partial charge in [0.2, 0.25) is 0 Å². The molecule has 0 bridgehead atoms. The number of rotatable bonds is 3. The van der Waals surface area contributed by atoms with Gasteiger partial charge in [0.15, 0.2) is 5.75 Å². The molecule has 0 aliphatic rings. The maximum atomic E-state index is 10.4. The largest absolute Gasteiger partial charge is 0.508 e. The smallest absolute Gasteiger partial charge is 0.339 e. The number of hydrogen-bond acceptors (Lipinski definition) is 6. The summed E-state index contributed by atoms with van der Waals surface area (Å²) in [7, 11) is 0. The Balaban J connectivity index is 0.000000220. The molecule has 5 N–H and O–H groups in total. The second-order valence-electron chi connectivity index (χ2n) is 3.90. The summed E-state index contributed by atoms with van der Waals surface area (Å²) in [4.78, 5) is 24.5. The minimum Gasteiger partial charge on any atom is -0.508 e. The van der Waals surface area contributed by atoms with E-state index in [0.717, 1.165) is 12.1 Å². The lowest BCUT2D eigenvalue weighted by Gasteiger charge is -1.99. The van der Waals surface area contributed by atoms with Crippen molar-refractivity contribution in [2.75, 3.05) is 0 Å². The van der Waals surface area contributed by atoms with E-state index in [2.05, 4.69) is 4.89 Å². The summed E-state index contributed by atoms with van der Waals surface area (Å²) in [5.41, 5.74) is -0.361. The second-order valence-corrected chi connectivity index (χ2v) is 3.90. The van der Waals surface area contributed by atoms with Crippen molar-refractivity contribution in [1.82, 2.24) is 0 Å². The van der Waals surface area contributed by atoms with E-state index in [-0.39, 0.29) is 28.4 Å². The standard InChI is InChI=1S/2C7H6O4/c8-4-1-2-6(9)5(3-4)7(10)11;8-7(9)5-3-1-2-4-6(5)11-10/h1-3,8-9H,(H,10,11);1-4,10H,(H,8,9). The maximum Gasteiger partial charge on any atom is 0.339 e. The van der Waals surface area contributed by atoms with E-state index >= 15 is 0 Å². The topological polar surface area (TPSA) is 145 Å². The molecule has 0 heterocycles. The maximum absolute atomic E-state index is 10.4. The number of phenolic OH excluding ortho intramolecular Hbond substituents is 1. The van der Waals surface area contributed by atoms with Gasteiger partial charge in [-0.1, -0.05) is 12.1 Å². The first-order chi connectivity index (χ1) is 10.4. The third-order valence-electron chi connectivity index (χ3n) is 2.43. The van der Waals surface area contributed by atoms with Crippen LogP contribution in [0.4, 0.5) is 0 Å². The third kappa shape index (κ3) is 4.39. The summed E-state index contributed by atoms with van der Waals surface area (Å²) < 4.78 is 0. The number of benzene rings is 2. The van der Waals surface area contributed by atoms with Crippen LogP contribution in [0.1, 0.15) is 20.7 Å². The number of para-hydroxylation sites is 1. The first-order valence-corrected chi connectivity index (χ1v) is 5.75. The molecule has 0 radical (unpaired) electrons. The van der Waals surface area contributed by atoms with Gasteiger partial charge in [0, 0.05) is 0 Å². The molecule has 8 heteroatoms. The highest BCUT2D eigenvalue weighted by atomic mass is 17.1. The van der Waals surface area contributed by atoms with Gasteiger partial charge in [0.25, 0.3) is 0 Å². The number of carboxylic acid groups (broad SMARTS) is 2. The van der Waals surface area contributed by atoms with Crippen molar-refractivity contribution in [2.24, 2.45) is 0 Å². The summed E-state index contributed by atoms with van der Waals surface area (Å²) in [6.45, 7) is 0. The van der Waals surface area contributed by atoms with Crippen LogP contribution in [0.3, 0.4) is 0 Å². The molecule has 116 valence electrons. The van der Waals surface area contributed by atoms with Crippen molar-refractivity contribution in [3.8, 4) is 17.2 Å². The van der Waals surface area contributed by atoms with Gasteiger partial charge in [-0.2, -0.15) is 0 Å². The molecule has 0 saturated carbocycles. The minimum absolute atomic E-state index is 0.0556. The van der Waals surface area contributed by atoms with Gasteiger partial charge in [-0.25, -0.2) is 14.8 Å². The number of hydrogen-bond donors (Lipinski definition) is 5. The van der Waals surface area contributed by atoms with E-state index in [0.29, 0.717) is 0 Å². The summed E-state index contributed by atoms with van der Waals surface area (Å²) in [6, 6.07) is 9.14. The molecule has 2 aromatic carbocycles. The van der Waals surface area contributed by atoms with Crippen molar-refractivity contribution in [2.45, 2.75) is 0 Å². The Morgan fingerprint density at radius 3 is 1.91 bits per heavy atom. The summed E-state index contributed by atoms with van der Waals surface area (Å²) in [5.74, 6) is -2.98. The minimum atomic E-state index is -1.27. The van der Waals surface area contributed by atoms with Crippen LogP contribution in [-0.4, -0.2) is 37.6 Å². The molecule has 22 heavy (non-hydrogen) atoms. The Kier molecular flexibility index (Phi) is 5.73. The zero-order valence-electron chi connectivity index (χ0n) is 11.0. The zero-order chi connectivity index (χ0) is 16.7. The number of phenols is 2. The molecule has 0 aliphatic heterocycles. The van der Waals surface area contributed by atoms with Crippen LogP contribution in [0.15, 0.2) is 42.5 Å². The highest BCUT2D eigenvalue weighted by molar-refractivity contribution is 5.91. The number of carbonyl (C=O) groups is 2. The van der Waals surface area contributed by atoms with Gasteiger partial charge < -0.3 is 25.3 Å². The Bertz CT molecular complexity index is 680. The van der Waals surface area contributed by atoms with Crippen LogP contribution in [0.2, 0.25) is 0 Å². The van der Waals surface area contributed by atoms with Crippen LogP contribution < -0.4 is 4.89 Å². The molecule has 0 saturated heterocycles. The van der Waals surface area contributed by atoms with Crippen LogP contribution in [-0.2, 0) is 0 Å². The highest BCUT2D eigenvalue weighted by Gasteiger charge is 2.09. The number of aromatic carboxylic acids is 2. The van der Waals surface area contributed by atoms with Crippen molar-refractivity contribution < 1.29 is 40.2 Å².